The largest absolute Gasteiger partial charge is 0.454 e. The fourth-order valence-electron chi connectivity index (χ4n) is 3.86. The highest BCUT2D eigenvalue weighted by Gasteiger charge is 2.24. The molecule has 0 bridgehead atoms. The maximum atomic E-state index is 12.9. The molecule has 0 unspecified atom stereocenters. The molecule has 2 aliphatic heterocycles. The van der Waals surface area contributed by atoms with Crippen LogP contribution in [-0.2, 0) is 27.8 Å². The Hall–Kier alpha value is -2.58. The van der Waals surface area contributed by atoms with Gasteiger partial charge in [0.25, 0.3) is 0 Å². The van der Waals surface area contributed by atoms with Crippen LogP contribution in [0.2, 0.25) is 0 Å². The highest BCUT2D eigenvalue weighted by Crippen LogP contribution is 2.32. The van der Waals surface area contributed by atoms with E-state index in [2.05, 4.69) is 5.32 Å². The van der Waals surface area contributed by atoms with Crippen LogP contribution in [0.3, 0.4) is 0 Å². The lowest BCUT2D eigenvalue weighted by molar-refractivity contribution is -0.121. The molecule has 0 saturated carbocycles. The van der Waals surface area contributed by atoms with Crippen molar-refractivity contribution in [1.82, 2.24) is 9.62 Å². The SMILES string of the molecule is O=C(CCc1ccc(S(=O)(=O)N2CCCCCC2)cc1)NCc1ccc2c(c1)OCO2. The van der Waals surface area contributed by atoms with E-state index in [1.165, 1.54) is 0 Å². The molecule has 1 N–H and O–H groups in total. The van der Waals surface area contributed by atoms with E-state index >= 15 is 0 Å². The Morgan fingerprint density at radius 3 is 2.32 bits per heavy atom. The molecule has 0 atom stereocenters. The number of amides is 1. The van der Waals surface area contributed by atoms with E-state index in [9.17, 15) is 13.2 Å². The summed E-state index contributed by atoms with van der Waals surface area (Å²) in [5.41, 5.74) is 1.88. The fourth-order valence-corrected chi connectivity index (χ4v) is 5.37. The quantitative estimate of drug-likeness (QED) is 0.709. The zero-order valence-corrected chi connectivity index (χ0v) is 18.3. The van der Waals surface area contributed by atoms with Crippen LogP contribution < -0.4 is 14.8 Å². The number of aryl methyl sites for hydroxylation is 1. The number of nitrogens with zero attached hydrogens (tertiary/aromatic N) is 1. The van der Waals surface area contributed by atoms with Crippen molar-refractivity contribution in [3.63, 3.8) is 0 Å². The van der Waals surface area contributed by atoms with Gasteiger partial charge in [0.15, 0.2) is 11.5 Å². The summed E-state index contributed by atoms with van der Waals surface area (Å²) >= 11 is 0. The first-order valence-electron chi connectivity index (χ1n) is 10.8. The first kappa shape index (κ1) is 21.6. The fraction of sp³-hybridized carbons (Fsp3) is 0.435. The molecule has 2 aromatic rings. The van der Waals surface area contributed by atoms with Gasteiger partial charge in [-0.1, -0.05) is 31.0 Å². The summed E-state index contributed by atoms with van der Waals surface area (Å²) in [5.74, 6) is 1.36. The maximum Gasteiger partial charge on any atom is 0.243 e. The average molecular weight is 445 g/mol. The van der Waals surface area contributed by atoms with Gasteiger partial charge in [0.1, 0.15) is 0 Å². The van der Waals surface area contributed by atoms with Crippen molar-refractivity contribution in [2.45, 2.75) is 50.0 Å². The number of ether oxygens (including phenoxy) is 2. The molecule has 7 nitrogen and oxygen atoms in total. The Morgan fingerprint density at radius 2 is 1.58 bits per heavy atom. The van der Waals surface area contributed by atoms with Gasteiger partial charge < -0.3 is 14.8 Å². The van der Waals surface area contributed by atoms with Gasteiger partial charge in [0, 0.05) is 26.1 Å². The summed E-state index contributed by atoms with van der Waals surface area (Å²) < 4.78 is 37.9. The third-order valence-corrected chi connectivity index (χ3v) is 7.61. The molecular weight excluding hydrogens is 416 g/mol. The van der Waals surface area contributed by atoms with Crippen molar-refractivity contribution < 1.29 is 22.7 Å². The standard InChI is InChI=1S/C23H28N2O5S/c26-23(24-16-19-7-11-21-22(15-19)30-17-29-21)12-8-18-5-9-20(10-6-18)31(27,28)25-13-3-1-2-4-14-25/h5-7,9-11,15H,1-4,8,12-14,16-17H2,(H,24,26). The molecule has 1 saturated heterocycles. The molecule has 31 heavy (non-hydrogen) atoms. The van der Waals surface area contributed by atoms with Gasteiger partial charge >= 0.3 is 0 Å². The van der Waals surface area contributed by atoms with Crippen LogP contribution in [0.4, 0.5) is 0 Å². The summed E-state index contributed by atoms with van der Waals surface area (Å²) in [5, 5.41) is 2.91. The third-order valence-electron chi connectivity index (χ3n) is 5.69. The molecule has 4 rings (SSSR count). The zero-order valence-electron chi connectivity index (χ0n) is 17.5. The van der Waals surface area contributed by atoms with E-state index in [0.717, 1.165) is 42.6 Å². The monoisotopic (exact) mass is 444 g/mol. The lowest BCUT2D eigenvalue weighted by Gasteiger charge is -2.20. The summed E-state index contributed by atoms with van der Waals surface area (Å²) in [7, 11) is -3.44. The Kier molecular flexibility index (Phi) is 6.77. The zero-order chi connectivity index (χ0) is 21.7. The van der Waals surface area contributed by atoms with Crippen LogP contribution in [0, 0.1) is 0 Å². The number of carbonyl (C=O) groups is 1. The second-order valence-corrected chi connectivity index (χ2v) is 9.86. The molecular formula is C23H28N2O5S. The van der Waals surface area contributed by atoms with E-state index in [1.807, 2.05) is 18.2 Å². The van der Waals surface area contributed by atoms with Crippen molar-refractivity contribution >= 4 is 15.9 Å². The van der Waals surface area contributed by atoms with Crippen molar-refractivity contribution in [2.75, 3.05) is 19.9 Å². The number of fused-ring (bicyclic) bond motifs is 1. The molecule has 8 heteroatoms. The summed E-state index contributed by atoms with van der Waals surface area (Å²) in [6, 6.07) is 12.5. The van der Waals surface area contributed by atoms with Crippen molar-refractivity contribution in [3.8, 4) is 11.5 Å². The van der Waals surface area contributed by atoms with Crippen LogP contribution in [0.15, 0.2) is 47.4 Å². The highest BCUT2D eigenvalue weighted by atomic mass is 32.2. The predicted molar refractivity (Wildman–Crippen MR) is 116 cm³/mol. The molecule has 2 heterocycles. The second-order valence-electron chi connectivity index (χ2n) is 7.93. The molecule has 0 aliphatic carbocycles. The molecule has 1 amide bonds. The molecule has 0 radical (unpaired) electrons. The number of nitrogens with one attached hydrogen (secondary N) is 1. The first-order valence-corrected chi connectivity index (χ1v) is 12.2. The van der Waals surface area contributed by atoms with Gasteiger partial charge in [-0.25, -0.2) is 8.42 Å². The third kappa shape index (κ3) is 5.37. The van der Waals surface area contributed by atoms with Crippen molar-refractivity contribution in [3.05, 3.63) is 53.6 Å². The summed E-state index contributed by atoms with van der Waals surface area (Å²) in [4.78, 5) is 12.5. The van der Waals surface area contributed by atoms with E-state index < -0.39 is 10.0 Å². The van der Waals surface area contributed by atoms with Gasteiger partial charge in [-0.05, 0) is 54.7 Å². The normalized spacial score (nSPS) is 16.6. The molecule has 1 fully saturated rings. The lowest BCUT2D eigenvalue weighted by Crippen LogP contribution is -2.31. The van der Waals surface area contributed by atoms with Crippen LogP contribution >= 0.6 is 0 Å². The van der Waals surface area contributed by atoms with E-state index in [-0.39, 0.29) is 12.7 Å². The van der Waals surface area contributed by atoms with Crippen molar-refractivity contribution in [1.29, 1.82) is 0 Å². The first-order chi connectivity index (χ1) is 15.0. The van der Waals surface area contributed by atoms with Gasteiger partial charge in [0.2, 0.25) is 22.7 Å². The number of hydrogen-bond acceptors (Lipinski definition) is 5. The highest BCUT2D eigenvalue weighted by molar-refractivity contribution is 7.89. The van der Waals surface area contributed by atoms with Crippen LogP contribution in [0.1, 0.15) is 43.2 Å². The number of sulfonamides is 1. The Bertz CT molecular complexity index is 1010. The number of rotatable bonds is 7. The predicted octanol–water partition coefficient (Wildman–Crippen LogP) is 3.23. The number of benzene rings is 2. The molecule has 2 aliphatic rings. The Morgan fingerprint density at radius 1 is 0.903 bits per heavy atom. The van der Waals surface area contributed by atoms with E-state index in [0.29, 0.717) is 43.1 Å². The minimum Gasteiger partial charge on any atom is -0.454 e. The smallest absolute Gasteiger partial charge is 0.243 e. The summed E-state index contributed by atoms with van der Waals surface area (Å²) in [6.45, 7) is 1.83. The Labute approximate surface area is 183 Å². The molecule has 2 aromatic carbocycles. The maximum absolute atomic E-state index is 12.9. The average Bonchev–Trinajstić information content (AvgIpc) is 3.07. The van der Waals surface area contributed by atoms with Gasteiger partial charge in [-0.2, -0.15) is 4.31 Å². The molecule has 0 spiro atoms. The molecule has 0 aromatic heterocycles. The van der Waals surface area contributed by atoms with E-state index in [4.69, 9.17) is 9.47 Å². The minimum absolute atomic E-state index is 0.0565. The summed E-state index contributed by atoms with van der Waals surface area (Å²) in [6.07, 6.45) is 4.89. The minimum atomic E-state index is -3.44. The topological polar surface area (TPSA) is 84.9 Å². The van der Waals surface area contributed by atoms with Crippen molar-refractivity contribution in [2.24, 2.45) is 0 Å². The van der Waals surface area contributed by atoms with E-state index in [1.54, 1.807) is 28.6 Å². The van der Waals surface area contributed by atoms with Gasteiger partial charge in [-0.15, -0.1) is 0 Å². The Balaban J connectivity index is 1.27. The molecule has 166 valence electrons. The van der Waals surface area contributed by atoms with Gasteiger partial charge in [-0.3, -0.25) is 4.79 Å². The van der Waals surface area contributed by atoms with Gasteiger partial charge in [0.05, 0.1) is 4.90 Å². The van der Waals surface area contributed by atoms with Crippen LogP contribution in [-0.4, -0.2) is 38.5 Å². The number of carbonyl (C=O) groups excluding carboxylic acids is 1. The number of hydrogen-bond donors (Lipinski definition) is 1. The second kappa shape index (κ2) is 9.70. The van der Waals surface area contributed by atoms with Crippen LogP contribution in [0.5, 0.6) is 11.5 Å². The lowest BCUT2D eigenvalue weighted by atomic mass is 10.1. The van der Waals surface area contributed by atoms with Crippen LogP contribution in [0.25, 0.3) is 0 Å².